The van der Waals surface area contributed by atoms with Gasteiger partial charge in [-0.25, -0.2) is 0 Å². The molecule has 0 fully saturated rings. The first-order chi connectivity index (χ1) is 9.79. The molecule has 0 bridgehead atoms. The van der Waals surface area contributed by atoms with Gasteiger partial charge in [-0.1, -0.05) is 42.2 Å². The minimum absolute atomic E-state index is 0.0717. The van der Waals surface area contributed by atoms with Crippen LogP contribution in [0.1, 0.15) is 21.5 Å². The van der Waals surface area contributed by atoms with Gasteiger partial charge in [0.2, 0.25) is 0 Å². The summed E-state index contributed by atoms with van der Waals surface area (Å²) in [5, 5.41) is 2.88. The fraction of sp³-hybridized carbons (Fsp3) is 0.118. The van der Waals surface area contributed by atoms with Gasteiger partial charge in [-0.05, 0) is 29.8 Å². The van der Waals surface area contributed by atoms with Crippen LogP contribution in [0.2, 0.25) is 0 Å². The van der Waals surface area contributed by atoms with Crippen LogP contribution >= 0.6 is 0 Å². The maximum Gasteiger partial charge on any atom is 0.251 e. The van der Waals surface area contributed by atoms with Gasteiger partial charge >= 0.3 is 0 Å². The Morgan fingerprint density at radius 3 is 2.40 bits per heavy atom. The number of hydrogen-bond acceptors (Lipinski definition) is 2. The number of nitrogens with one attached hydrogen (secondary N) is 1. The minimum atomic E-state index is -0.0717. The number of benzene rings is 2. The van der Waals surface area contributed by atoms with E-state index in [0.29, 0.717) is 18.7 Å². The van der Waals surface area contributed by atoms with Crippen molar-refractivity contribution in [3.8, 4) is 11.8 Å². The molecule has 2 rings (SSSR count). The van der Waals surface area contributed by atoms with E-state index in [1.807, 2.05) is 42.5 Å². The average Bonchev–Trinajstić information content (AvgIpc) is 2.52. The molecule has 0 atom stereocenters. The number of amides is 1. The van der Waals surface area contributed by atoms with Crippen LogP contribution in [0, 0.1) is 11.8 Å². The molecule has 3 N–H and O–H groups in total. The van der Waals surface area contributed by atoms with Crippen molar-refractivity contribution in [1.29, 1.82) is 0 Å². The molecule has 0 aliphatic carbocycles. The lowest BCUT2D eigenvalue weighted by Gasteiger charge is -2.05. The quantitative estimate of drug-likeness (QED) is 0.832. The second-order valence-electron chi connectivity index (χ2n) is 4.25. The van der Waals surface area contributed by atoms with Crippen LogP contribution in [-0.4, -0.2) is 12.5 Å². The summed E-state index contributed by atoms with van der Waals surface area (Å²) in [6.07, 6.45) is 0. The van der Waals surface area contributed by atoms with Crippen molar-refractivity contribution in [3.05, 3.63) is 71.3 Å². The fourth-order valence-electron chi connectivity index (χ4n) is 1.73. The molecule has 0 saturated carbocycles. The molecule has 0 aliphatic rings. The summed E-state index contributed by atoms with van der Waals surface area (Å²) >= 11 is 0. The zero-order valence-electron chi connectivity index (χ0n) is 11.1. The molecule has 100 valence electrons. The SMILES string of the molecule is NCC#Cc1ccc(CNC(=O)c2ccccc2)cc1. The summed E-state index contributed by atoms with van der Waals surface area (Å²) in [6, 6.07) is 16.9. The first-order valence-electron chi connectivity index (χ1n) is 6.41. The Morgan fingerprint density at radius 1 is 1.05 bits per heavy atom. The Kier molecular flexibility index (Phi) is 4.94. The summed E-state index contributed by atoms with van der Waals surface area (Å²) in [6.45, 7) is 0.854. The zero-order chi connectivity index (χ0) is 14.2. The third-order valence-corrected chi connectivity index (χ3v) is 2.78. The summed E-state index contributed by atoms with van der Waals surface area (Å²) < 4.78 is 0. The highest BCUT2D eigenvalue weighted by atomic mass is 16.1. The highest BCUT2D eigenvalue weighted by Gasteiger charge is 2.03. The highest BCUT2D eigenvalue weighted by Crippen LogP contribution is 2.04. The van der Waals surface area contributed by atoms with Crippen molar-refractivity contribution in [2.75, 3.05) is 6.54 Å². The minimum Gasteiger partial charge on any atom is -0.348 e. The molecule has 0 heterocycles. The third kappa shape index (κ3) is 3.98. The fourth-order valence-corrected chi connectivity index (χ4v) is 1.73. The van der Waals surface area contributed by atoms with E-state index in [2.05, 4.69) is 17.2 Å². The van der Waals surface area contributed by atoms with Crippen LogP contribution < -0.4 is 11.1 Å². The number of rotatable bonds is 3. The molecule has 2 aromatic rings. The van der Waals surface area contributed by atoms with Crippen LogP contribution in [0.25, 0.3) is 0 Å². The van der Waals surface area contributed by atoms with Gasteiger partial charge < -0.3 is 11.1 Å². The largest absolute Gasteiger partial charge is 0.348 e. The zero-order valence-corrected chi connectivity index (χ0v) is 11.1. The Labute approximate surface area is 118 Å². The lowest BCUT2D eigenvalue weighted by Crippen LogP contribution is -2.22. The number of nitrogens with two attached hydrogens (primary N) is 1. The summed E-state index contributed by atoms with van der Waals surface area (Å²) in [4.78, 5) is 11.9. The molecule has 0 aliphatic heterocycles. The summed E-state index contributed by atoms with van der Waals surface area (Å²) in [5.74, 6) is 5.69. The molecule has 0 unspecified atom stereocenters. The molecule has 0 saturated heterocycles. The van der Waals surface area contributed by atoms with Gasteiger partial charge in [-0.2, -0.15) is 0 Å². The maximum atomic E-state index is 11.9. The van der Waals surface area contributed by atoms with Gasteiger partial charge in [0.25, 0.3) is 5.91 Å². The standard InChI is InChI=1S/C17H16N2O/c18-12-4-5-14-8-10-15(11-9-14)13-19-17(20)16-6-2-1-3-7-16/h1-3,6-11H,12-13,18H2,(H,19,20). The van der Waals surface area contributed by atoms with Gasteiger partial charge in [0.05, 0.1) is 6.54 Å². The molecule has 0 aromatic heterocycles. The summed E-state index contributed by atoms with van der Waals surface area (Å²) in [7, 11) is 0. The van der Waals surface area contributed by atoms with Crippen molar-refractivity contribution in [1.82, 2.24) is 5.32 Å². The maximum absolute atomic E-state index is 11.9. The summed E-state index contributed by atoms with van der Waals surface area (Å²) in [5.41, 5.74) is 7.95. The monoisotopic (exact) mass is 264 g/mol. The number of carbonyl (C=O) groups is 1. The Bertz CT molecular complexity index is 622. The van der Waals surface area contributed by atoms with Crippen LogP contribution in [0.15, 0.2) is 54.6 Å². The van der Waals surface area contributed by atoms with Gasteiger partial charge in [-0.15, -0.1) is 0 Å². The molecule has 3 heteroatoms. The average molecular weight is 264 g/mol. The third-order valence-electron chi connectivity index (χ3n) is 2.78. The molecule has 0 radical (unpaired) electrons. The second-order valence-corrected chi connectivity index (χ2v) is 4.25. The van der Waals surface area contributed by atoms with E-state index in [-0.39, 0.29) is 5.91 Å². The molecular weight excluding hydrogens is 248 g/mol. The van der Waals surface area contributed by atoms with E-state index in [1.54, 1.807) is 12.1 Å². The Hall–Kier alpha value is -2.57. The first-order valence-corrected chi connectivity index (χ1v) is 6.41. The Balaban J connectivity index is 1.93. The normalized spacial score (nSPS) is 9.45. The van der Waals surface area contributed by atoms with Gasteiger partial charge in [0, 0.05) is 17.7 Å². The first kappa shape index (κ1) is 13.9. The van der Waals surface area contributed by atoms with Gasteiger partial charge in [0.1, 0.15) is 0 Å². The van der Waals surface area contributed by atoms with Gasteiger partial charge in [-0.3, -0.25) is 4.79 Å². The predicted molar refractivity (Wildman–Crippen MR) is 80.0 cm³/mol. The van der Waals surface area contributed by atoms with E-state index in [9.17, 15) is 4.79 Å². The van der Waals surface area contributed by atoms with E-state index in [1.165, 1.54) is 0 Å². The van der Waals surface area contributed by atoms with Crippen molar-refractivity contribution >= 4 is 5.91 Å². The van der Waals surface area contributed by atoms with Crippen molar-refractivity contribution in [2.45, 2.75) is 6.54 Å². The number of hydrogen-bond donors (Lipinski definition) is 2. The molecule has 1 amide bonds. The van der Waals surface area contributed by atoms with Crippen LogP contribution in [0.5, 0.6) is 0 Å². The van der Waals surface area contributed by atoms with E-state index in [4.69, 9.17) is 5.73 Å². The van der Waals surface area contributed by atoms with E-state index >= 15 is 0 Å². The predicted octanol–water partition coefficient (Wildman–Crippen LogP) is 1.93. The van der Waals surface area contributed by atoms with Crippen LogP contribution in [0.4, 0.5) is 0 Å². The number of carbonyl (C=O) groups excluding carboxylic acids is 1. The van der Waals surface area contributed by atoms with Crippen LogP contribution in [-0.2, 0) is 6.54 Å². The second kappa shape index (κ2) is 7.13. The molecule has 3 nitrogen and oxygen atoms in total. The van der Waals surface area contributed by atoms with E-state index < -0.39 is 0 Å². The van der Waals surface area contributed by atoms with Crippen molar-refractivity contribution in [2.24, 2.45) is 5.73 Å². The van der Waals surface area contributed by atoms with Crippen molar-refractivity contribution in [3.63, 3.8) is 0 Å². The molecule has 2 aromatic carbocycles. The lowest BCUT2D eigenvalue weighted by molar-refractivity contribution is 0.0951. The Morgan fingerprint density at radius 2 is 1.75 bits per heavy atom. The van der Waals surface area contributed by atoms with Gasteiger partial charge in [0.15, 0.2) is 0 Å². The van der Waals surface area contributed by atoms with Crippen LogP contribution in [0.3, 0.4) is 0 Å². The molecule has 20 heavy (non-hydrogen) atoms. The van der Waals surface area contributed by atoms with Crippen molar-refractivity contribution < 1.29 is 4.79 Å². The smallest absolute Gasteiger partial charge is 0.251 e. The van der Waals surface area contributed by atoms with E-state index in [0.717, 1.165) is 11.1 Å². The highest BCUT2D eigenvalue weighted by molar-refractivity contribution is 5.94. The molecular formula is C17H16N2O. The topological polar surface area (TPSA) is 55.1 Å². The molecule has 0 spiro atoms. The lowest BCUT2D eigenvalue weighted by atomic mass is 10.1.